The van der Waals surface area contributed by atoms with Gasteiger partial charge in [-0.15, -0.1) is 0 Å². The van der Waals surface area contributed by atoms with Crippen molar-refractivity contribution in [3.63, 3.8) is 0 Å². The molecule has 22 nitrogen and oxygen atoms in total. The molecule has 8 unspecified atom stereocenters. The molecule has 1 aromatic carbocycles. The summed E-state index contributed by atoms with van der Waals surface area (Å²) >= 11 is 0. The predicted octanol–water partition coefficient (Wildman–Crippen LogP) is -2.49. The number of carboxylic acid groups (broad SMARTS) is 1. The summed E-state index contributed by atoms with van der Waals surface area (Å²) in [6, 6.07) is -1.70. The van der Waals surface area contributed by atoms with Gasteiger partial charge in [0.1, 0.15) is 48.3 Å². The number of benzene rings is 1. The number of nitrogens with one attached hydrogen (secondary N) is 7. The van der Waals surface area contributed by atoms with Crippen LogP contribution in [0.2, 0.25) is 0 Å². The molecule has 368 valence electrons. The van der Waals surface area contributed by atoms with Crippen LogP contribution in [0.5, 0.6) is 0 Å². The Bertz CT molecular complexity index is 1850. The van der Waals surface area contributed by atoms with Gasteiger partial charge >= 0.3 is 5.97 Å². The molecule has 2 saturated heterocycles. The second-order valence-corrected chi connectivity index (χ2v) is 17.4. The molecular weight excluding hydrogens is 859 g/mol. The summed E-state index contributed by atoms with van der Waals surface area (Å²) in [5.41, 5.74) is 12.3. The number of carbonyl (C=O) groups is 9. The van der Waals surface area contributed by atoms with Crippen LogP contribution in [0, 0.1) is 11.8 Å². The van der Waals surface area contributed by atoms with Gasteiger partial charge < -0.3 is 58.9 Å². The number of hydrazine groups is 1. The molecule has 0 radical (unpaired) electrons. The number of rotatable bonds is 27. The zero-order valence-electron chi connectivity index (χ0n) is 38.8. The van der Waals surface area contributed by atoms with Gasteiger partial charge in [0.25, 0.3) is 5.91 Å². The number of hydrogen-bond donors (Lipinski definition) is 11. The number of aliphatic hydroxyl groups is 1. The lowest BCUT2D eigenvalue weighted by molar-refractivity contribution is -0.146. The highest BCUT2D eigenvalue weighted by atomic mass is 16.4. The molecule has 0 aromatic heterocycles. The minimum absolute atomic E-state index is 0.0177. The maximum atomic E-state index is 13.7. The van der Waals surface area contributed by atoms with Crippen LogP contribution in [-0.2, 0) is 49.6 Å². The van der Waals surface area contributed by atoms with E-state index in [-0.39, 0.29) is 50.6 Å². The number of aliphatic hydroxyl groups excluding tert-OH is 1. The number of amides is 8. The van der Waals surface area contributed by atoms with E-state index in [1.807, 2.05) is 6.92 Å². The van der Waals surface area contributed by atoms with Crippen molar-refractivity contribution < 1.29 is 53.4 Å². The first-order valence-electron chi connectivity index (χ1n) is 22.8. The lowest BCUT2D eigenvalue weighted by Gasteiger charge is -2.28. The average Bonchev–Trinajstić information content (AvgIpc) is 3.84. The first-order valence-corrected chi connectivity index (χ1v) is 22.8. The largest absolute Gasteiger partial charge is 0.480 e. The molecular formula is C44H71N11O11. The van der Waals surface area contributed by atoms with Gasteiger partial charge in [-0.2, -0.15) is 0 Å². The van der Waals surface area contributed by atoms with Crippen molar-refractivity contribution in [1.82, 2.24) is 47.2 Å². The Morgan fingerprint density at radius 3 is 1.97 bits per heavy atom. The van der Waals surface area contributed by atoms with E-state index in [0.717, 1.165) is 0 Å². The third-order valence-electron chi connectivity index (χ3n) is 11.7. The van der Waals surface area contributed by atoms with Gasteiger partial charge in [-0.25, -0.2) is 9.80 Å². The zero-order valence-corrected chi connectivity index (χ0v) is 38.8. The van der Waals surface area contributed by atoms with E-state index in [2.05, 4.69) is 37.2 Å². The van der Waals surface area contributed by atoms with Crippen LogP contribution < -0.4 is 48.7 Å². The van der Waals surface area contributed by atoms with Crippen LogP contribution >= 0.6 is 0 Å². The molecule has 1 aromatic rings. The number of fused-ring (bicyclic) bond motifs is 1. The molecule has 2 aliphatic heterocycles. The maximum Gasteiger partial charge on any atom is 0.326 e. The Morgan fingerprint density at radius 1 is 0.758 bits per heavy atom. The fraction of sp³-hybridized carbons (Fsp3) is 0.659. The number of nitrogens with two attached hydrogens (primary N) is 2. The molecule has 66 heavy (non-hydrogen) atoms. The highest BCUT2D eigenvalue weighted by Crippen LogP contribution is 2.26. The molecule has 0 saturated carbocycles. The van der Waals surface area contributed by atoms with E-state index in [0.29, 0.717) is 37.8 Å². The number of carbonyl (C=O) groups excluding carboxylic acids is 8. The van der Waals surface area contributed by atoms with E-state index >= 15 is 0 Å². The quantitative estimate of drug-likeness (QED) is 0.0407. The van der Waals surface area contributed by atoms with Crippen molar-refractivity contribution in [2.45, 2.75) is 147 Å². The number of carboxylic acids is 1. The molecule has 0 aliphatic carbocycles. The van der Waals surface area contributed by atoms with E-state index in [4.69, 9.17) is 11.5 Å². The normalized spacial score (nSPS) is 19.5. The lowest BCUT2D eigenvalue weighted by atomic mass is 9.97. The highest BCUT2D eigenvalue weighted by Gasteiger charge is 2.50. The first-order chi connectivity index (χ1) is 31.3. The molecule has 3 rings (SSSR count). The molecule has 10 atom stereocenters. The summed E-state index contributed by atoms with van der Waals surface area (Å²) in [4.78, 5) is 119. The predicted molar refractivity (Wildman–Crippen MR) is 241 cm³/mol. The average molecular weight is 930 g/mol. The molecule has 8 amide bonds. The van der Waals surface area contributed by atoms with Crippen LogP contribution in [0.1, 0.15) is 92.1 Å². The summed E-state index contributed by atoms with van der Waals surface area (Å²) in [6.07, 6.45) is 2.64. The Balaban J connectivity index is 1.65. The van der Waals surface area contributed by atoms with E-state index in [1.54, 1.807) is 63.0 Å². The molecule has 13 N–H and O–H groups in total. The third-order valence-corrected chi connectivity index (χ3v) is 11.7. The standard InChI is InChI=1S/C44H71N11O11/c1-7-25(5)35(53-37(58)28(46)16-12-13-18-45)42(63)51-32-22-54-19-17-34(55(54)43(32)64)41(62)52-33(23-56)40(61)50-30(20-24(3)4)38(59)47-26(6)36(57)49-31(21-27-14-10-9-11-15-27)39(60)48-29(8-2)44(65)66/h9-11,14-15,24-26,28-35,56H,7-8,12-13,16-23,45-46H2,1-6H3,(H,47,59)(H,48,60)(H,49,57)(H,50,61)(H,51,63)(H,52,62)(H,53,58)(H,65,66)/t25?,26?,28?,29?,30?,31-,32?,33?,34?,35-/m0/s1. The molecule has 0 bridgehead atoms. The number of hydrogen-bond acceptors (Lipinski definition) is 13. The summed E-state index contributed by atoms with van der Waals surface area (Å²) in [5.74, 6) is -7.33. The van der Waals surface area contributed by atoms with E-state index < -0.39 is 114 Å². The lowest BCUT2D eigenvalue weighted by Crippen LogP contribution is -2.60. The van der Waals surface area contributed by atoms with E-state index in [9.17, 15) is 53.4 Å². The van der Waals surface area contributed by atoms with Crippen LogP contribution in [0.25, 0.3) is 0 Å². The molecule has 0 spiro atoms. The summed E-state index contributed by atoms with van der Waals surface area (Å²) < 4.78 is 0. The first kappa shape index (κ1) is 54.6. The minimum atomic E-state index is -1.56. The monoisotopic (exact) mass is 930 g/mol. The number of unbranched alkanes of at least 4 members (excludes halogenated alkanes) is 1. The molecule has 22 heteroatoms. The van der Waals surface area contributed by atoms with Crippen molar-refractivity contribution in [3.8, 4) is 0 Å². The fourth-order valence-electron chi connectivity index (χ4n) is 7.62. The van der Waals surface area contributed by atoms with Crippen molar-refractivity contribution >= 4 is 53.2 Å². The van der Waals surface area contributed by atoms with Crippen molar-refractivity contribution in [1.29, 1.82) is 0 Å². The Kier molecular flexibility index (Phi) is 21.9. The van der Waals surface area contributed by atoms with Gasteiger partial charge in [0.2, 0.25) is 41.4 Å². The van der Waals surface area contributed by atoms with Crippen molar-refractivity contribution in [2.24, 2.45) is 23.3 Å². The van der Waals surface area contributed by atoms with Gasteiger partial charge in [0.15, 0.2) is 0 Å². The third kappa shape index (κ3) is 15.7. The molecule has 2 fully saturated rings. The van der Waals surface area contributed by atoms with Crippen molar-refractivity contribution in [3.05, 3.63) is 35.9 Å². The second kappa shape index (κ2) is 26.4. The number of nitrogens with zero attached hydrogens (tertiary/aromatic N) is 2. The van der Waals surface area contributed by atoms with Gasteiger partial charge in [0.05, 0.1) is 12.6 Å². The highest BCUT2D eigenvalue weighted by molar-refractivity contribution is 5.98. The smallest absolute Gasteiger partial charge is 0.326 e. The van der Waals surface area contributed by atoms with Crippen LogP contribution in [-0.4, -0.2) is 154 Å². The second-order valence-electron chi connectivity index (χ2n) is 17.4. The van der Waals surface area contributed by atoms with Gasteiger partial charge in [-0.05, 0) is 63.0 Å². The summed E-state index contributed by atoms with van der Waals surface area (Å²) in [6.45, 7) is 10.1. The molecule has 2 heterocycles. The van der Waals surface area contributed by atoms with Crippen LogP contribution in [0.15, 0.2) is 30.3 Å². The summed E-state index contributed by atoms with van der Waals surface area (Å²) in [7, 11) is 0. The fourth-order valence-corrected chi connectivity index (χ4v) is 7.62. The van der Waals surface area contributed by atoms with Gasteiger partial charge in [-0.1, -0.05) is 77.8 Å². The zero-order chi connectivity index (χ0) is 49.2. The van der Waals surface area contributed by atoms with Gasteiger partial charge in [0, 0.05) is 19.5 Å². The Hall–Kier alpha value is -5.71. The number of aliphatic carboxylic acids is 1. The maximum absolute atomic E-state index is 13.7. The SMILES string of the molecule is CCC(NC(=O)[C@H](Cc1ccccc1)NC(=O)C(C)NC(=O)C(CC(C)C)NC(=O)C(CO)NC(=O)C1CCN2CC(NC(=O)[C@@H](NC(=O)C(N)CCCCN)C(C)CC)C(=O)N12)C(=O)O. The summed E-state index contributed by atoms with van der Waals surface area (Å²) in [5, 5.41) is 40.6. The molecule has 2 aliphatic rings. The minimum Gasteiger partial charge on any atom is -0.480 e. The Morgan fingerprint density at radius 2 is 1.38 bits per heavy atom. The van der Waals surface area contributed by atoms with Crippen LogP contribution in [0.3, 0.4) is 0 Å². The van der Waals surface area contributed by atoms with E-state index in [1.165, 1.54) is 11.9 Å². The van der Waals surface area contributed by atoms with Crippen molar-refractivity contribution in [2.75, 3.05) is 26.2 Å². The van der Waals surface area contributed by atoms with Crippen LogP contribution in [0.4, 0.5) is 0 Å². The van der Waals surface area contributed by atoms with Gasteiger partial charge in [-0.3, -0.25) is 43.4 Å². The topological polar surface area (TPSA) is 337 Å². The Labute approximate surface area is 385 Å².